The Morgan fingerprint density at radius 1 is 1.56 bits per heavy atom. The fourth-order valence-corrected chi connectivity index (χ4v) is 0.911. The van der Waals surface area contributed by atoms with E-state index >= 15 is 0 Å². The van der Waals surface area contributed by atoms with Crippen LogP contribution in [0.15, 0.2) is 0 Å². The van der Waals surface area contributed by atoms with Crippen LogP contribution in [0.5, 0.6) is 0 Å². The molecule has 0 amide bonds. The van der Waals surface area contributed by atoms with Crippen LogP contribution in [0.3, 0.4) is 0 Å². The van der Waals surface area contributed by atoms with Gasteiger partial charge in [-0.2, -0.15) is 11.8 Å². The first-order valence-corrected chi connectivity index (χ1v) is 4.18. The number of hydrogen-bond donors (Lipinski definition) is 3. The van der Waals surface area contributed by atoms with Crippen LogP contribution >= 0.6 is 11.8 Å². The van der Waals surface area contributed by atoms with Crippen LogP contribution in [0.4, 0.5) is 0 Å². The Hall–Kier alpha value is 0.230. The molecule has 56 valence electrons. The number of aliphatic hydroxyl groups excluding tert-OH is 1. The molecule has 9 heavy (non-hydrogen) atoms. The average Bonchev–Trinajstić information content (AvgIpc) is 1.82. The molecule has 0 aromatic rings. The molecule has 0 fully saturated rings. The van der Waals surface area contributed by atoms with Gasteiger partial charge in [-0.05, 0) is 18.4 Å². The van der Waals surface area contributed by atoms with Gasteiger partial charge in [0.05, 0.1) is 6.04 Å². The smallest absolute Gasteiger partial charge is 0.166 e. The molecule has 0 spiro atoms. The normalized spacial score (nSPS) is 14.3. The van der Waals surface area contributed by atoms with Crippen molar-refractivity contribution >= 4 is 11.8 Å². The first-order chi connectivity index (χ1) is 4.18. The lowest BCUT2D eigenvalue weighted by molar-refractivity contribution is -0.0583. The zero-order valence-electron chi connectivity index (χ0n) is 5.45. The van der Waals surface area contributed by atoms with Gasteiger partial charge in [0, 0.05) is 0 Å². The fraction of sp³-hybridized carbons (Fsp3) is 1.00. The van der Waals surface area contributed by atoms with E-state index in [-0.39, 0.29) is 0 Å². The van der Waals surface area contributed by atoms with Crippen LogP contribution in [0.1, 0.15) is 6.42 Å². The maximum Gasteiger partial charge on any atom is 0.166 e. The van der Waals surface area contributed by atoms with Crippen molar-refractivity contribution in [3.05, 3.63) is 0 Å². The summed E-state index contributed by atoms with van der Waals surface area (Å²) in [5, 5.41) is 16.9. The topological polar surface area (TPSA) is 66.5 Å². The average molecular weight is 151 g/mol. The molecule has 0 saturated heterocycles. The van der Waals surface area contributed by atoms with Gasteiger partial charge in [0.15, 0.2) is 6.29 Å². The summed E-state index contributed by atoms with van der Waals surface area (Å²) in [6, 6.07) is -0.488. The highest BCUT2D eigenvalue weighted by Crippen LogP contribution is 1.99. The predicted octanol–water partition coefficient (Wildman–Crippen LogP) is -0.623. The van der Waals surface area contributed by atoms with Gasteiger partial charge in [0.1, 0.15) is 0 Å². The van der Waals surface area contributed by atoms with Gasteiger partial charge in [0.25, 0.3) is 0 Å². The first kappa shape index (κ1) is 9.23. The Kier molecular flexibility index (Phi) is 5.18. The highest BCUT2D eigenvalue weighted by molar-refractivity contribution is 7.98. The number of rotatable bonds is 4. The largest absolute Gasteiger partial charge is 0.367 e. The SMILES string of the molecule is CSCCC(N)C(O)O. The molecule has 1 atom stereocenters. The van der Waals surface area contributed by atoms with E-state index in [9.17, 15) is 0 Å². The van der Waals surface area contributed by atoms with Crippen LogP contribution in [0.25, 0.3) is 0 Å². The molecule has 0 radical (unpaired) electrons. The predicted molar refractivity (Wildman–Crippen MR) is 39.2 cm³/mol. The Bertz CT molecular complexity index is 70.0. The lowest BCUT2D eigenvalue weighted by atomic mass is 10.2. The number of thioether (sulfide) groups is 1. The zero-order valence-corrected chi connectivity index (χ0v) is 6.27. The Labute approximate surface area is 59.3 Å². The molecule has 0 heterocycles. The van der Waals surface area contributed by atoms with E-state index in [0.717, 1.165) is 5.75 Å². The summed E-state index contributed by atoms with van der Waals surface area (Å²) < 4.78 is 0. The highest BCUT2D eigenvalue weighted by Gasteiger charge is 2.08. The maximum absolute atomic E-state index is 8.47. The monoisotopic (exact) mass is 151 g/mol. The summed E-state index contributed by atoms with van der Waals surface area (Å²) >= 11 is 1.65. The van der Waals surface area contributed by atoms with E-state index in [0.29, 0.717) is 6.42 Å². The summed E-state index contributed by atoms with van der Waals surface area (Å²) in [5.74, 6) is 0.874. The van der Waals surface area contributed by atoms with Crippen LogP contribution in [-0.2, 0) is 0 Å². The van der Waals surface area contributed by atoms with Crippen molar-refractivity contribution in [2.45, 2.75) is 18.8 Å². The lowest BCUT2D eigenvalue weighted by Gasteiger charge is -2.11. The third-order valence-corrected chi connectivity index (χ3v) is 1.68. The number of aliphatic hydroxyl groups is 2. The van der Waals surface area contributed by atoms with E-state index in [1.165, 1.54) is 0 Å². The molecule has 4 heteroatoms. The van der Waals surface area contributed by atoms with Crippen molar-refractivity contribution in [1.29, 1.82) is 0 Å². The van der Waals surface area contributed by atoms with Gasteiger partial charge in [-0.25, -0.2) is 0 Å². The van der Waals surface area contributed by atoms with Crippen molar-refractivity contribution in [1.82, 2.24) is 0 Å². The van der Waals surface area contributed by atoms with E-state index in [4.69, 9.17) is 15.9 Å². The van der Waals surface area contributed by atoms with Gasteiger partial charge < -0.3 is 15.9 Å². The Balaban J connectivity index is 3.16. The number of nitrogens with two attached hydrogens (primary N) is 1. The van der Waals surface area contributed by atoms with Gasteiger partial charge in [-0.1, -0.05) is 0 Å². The molecule has 0 aromatic carbocycles. The number of hydrogen-bond acceptors (Lipinski definition) is 4. The molecule has 0 bridgehead atoms. The minimum atomic E-state index is -1.36. The van der Waals surface area contributed by atoms with E-state index in [1.54, 1.807) is 11.8 Å². The Morgan fingerprint density at radius 2 is 2.11 bits per heavy atom. The van der Waals surface area contributed by atoms with Crippen molar-refractivity contribution in [3.63, 3.8) is 0 Å². The van der Waals surface area contributed by atoms with Gasteiger partial charge in [-0.3, -0.25) is 0 Å². The van der Waals surface area contributed by atoms with Gasteiger partial charge in [0.2, 0.25) is 0 Å². The molecule has 0 aliphatic heterocycles. The van der Waals surface area contributed by atoms with Crippen LogP contribution in [0.2, 0.25) is 0 Å². The second-order valence-corrected chi connectivity index (χ2v) is 2.84. The summed E-state index contributed by atoms with van der Waals surface area (Å²) in [7, 11) is 0. The quantitative estimate of drug-likeness (QED) is 0.468. The third-order valence-electron chi connectivity index (χ3n) is 1.04. The van der Waals surface area contributed by atoms with E-state index in [2.05, 4.69) is 0 Å². The van der Waals surface area contributed by atoms with Crippen molar-refractivity contribution in [2.24, 2.45) is 5.73 Å². The summed E-state index contributed by atoms with van der Waals surface area (Å²) in [5.41, 5.74) is 5.29. The summed E-state index contributed by atoms with van der Waals surface area (Å²) in [6.07, 6.45) is 1.24. The van der Waals surface area contributed by atoms with Gasteiger partial charge >= 0.3 is 0 Å². The van der Waals surface area contributed by atoms with Crippen LogP contribution in [-0.4, -0.2) is 34.6 Å². The Morgan fingerprint density at radius 3 is 2.44 bits per heavy atom. The summed E-state index contributed by atoms with van der Waals surface area (Å²) in [6.45, 7) is 0. The molecular weight excluding hydrogens is 138 g/mol. The third kappa shape index (κ3) is 4.72. The minimum Gasteiger partial charge on any atom is -0.367 e. The molecular formula is C5H13NO2S. The van der Waals surface area contributed by atoms with Crippen molar-refractivity contribution < 1.29 is 10.2 Å². The minimum absolute atomic E-state index is 0.488. The molecule has 0 aliphatic rings. The standard InChI is InChI=1S/C5H13NO2S/c1-9-3-2-4(6)5(7)8/h4-5,7-8H,2-3,6H2,1H3. The van der Waals surface area contributed by atoms with Crippen molar-refractivity contribution in [2.75, 3.05) is 12.0 Å². The molecule has 0 aromatic heterocycles. The van der Waals surface area contributed by atoms with E-state index in [1.807, 2.05) is 6.26 Å². The highest BCUT2D eigenvalue weighted by atomic mass is 32.2. The second kappa shape index (κ2) is 5.05. The molecule has 0 aliphatic carbocycles. The maximum atomic E-state index is 8.47. The van der Waals surface area contributed by atoms with E-state index < -0.39 is 12.3 Å². The molecule has 0 saturated carbocycles. The van der Waals surface area contributed by atoms with Crippen LogP contribution in [0, 0.1) is 0 Å². The van der Waals surface area contributed by atoms with Crippen LogP contribution < -0.4 is 5.73 Å². The zero-order chi connectivity index (χ0) is 7.28. The van der Waals surface area contributed by atoms with Crippen molar-refractivity contribution in [3.8, 4) is 0 Å². The summed E-state index contributed by atoms with van der Waals surface area (Å²) in [4.78, 5) is 0. The molecule has 1 unspecified atom stereocenters. The molecule has 3 nitrogen and oxygen atoms in total. The second-order valence-electron chi connectivity index (χ2n) is 1.86. The molecule has 4 N–H and O–H groups in total. The lowest BCUT2D eigenvalue weighted by Crippen LogP contribution is -2.34. The fourth-order valence-electron chi connectivity index (χ4n) is 0.403. The van der Waals surface area contributed by atoms with Gasteiger partial charge in [-0.15, -0.1) is 0 Å². The first-order valence-electron chi connectivity index (χ1n) is 2.79. The molecule has 0 rings (SSSR count).